The summed E-state index contributed by atoms with van der Waals surface area (Å²) < 4.78 is 5.22. The minimum atomic E-state index is -1.11. The van der Waals surface area contributed by atoms with E-state index in [0.29, 0.717) is 17.2 Å². The van der Waals surface area contributed by atoms with Crippen molar-refractivity contribution in [1.29, 1.82) is 0 Å². The fourth-order valence-electron chi connectivity index (χ4n) is 1.89. The fourth-order valence-corrected chi connectivity index (χ4v) is 1.89. The van der Waals surface area contributed by atoms with Gasteiger partial charge in [0.1, 0.15) is 22.7 Å². The molecule has 0 aliphatic carbocycles. The molecule has 0 spiro atoms. The van der Waals surface area contributed by atoms with Crippen LogP contribution in [0.3, 0.4) is 0 Å². The first-order valence-electron chi connectivity index (χ1n) is 6.23. The Labute approximate surface area is 115 Å². The number of rotatable bonds is 4. The maximum atomic E-state index is 10.3. The van der Waals surface area contributed by atoms with Crippen molar-refractivity contribution in [2.75, 3.05) is 11.9 Å². The molecule has 0 fully saturated rings. The third-order valence-electron chi connectivity index (χ3n) is 3.00. The molecule has 0 aliphatic rings. The van der Waals surface area contributed by atoms with E-state index in [-0.39, 0.29) is 6.54 Å². The predicted octanol–water partition coefficient (Wildman–Crippen LogP) is 1.94. The highest BCUT2D eigenvalue weighted by atomic mass is 16.4. The third-order valence-corrected chi connectivity index (χ3v) is 3.00. The van der Waals surface area contributed by atoms with Gasteiger partial charge < -0.3 is 14.8 Å². The summed E-state index contributed by atoms with van der Waals surface area (Å²) in [6.07, 6.45) is 4.75. The van der Waals surface area contributed by atoms with E-state index in [9.17, 15) is 5.11 Å². The van der Waals surface area contributed by atoms with Gasteiger partial charge in [0.2, 0.25) is 0 Å². The van der Waals surface area contributed by atoms with Crippen LogP contribution in [0.4, 0.5) is 5.82 Å². The van der Waals surface area contributed by atoms with E-state index >= 15 is 0 Å². The lowest BCUT2D eigenvalue weighted by Gasteiger charge is -2.21. The Kier molecular flexibility index (Phi) is 3.08. The van der Waals surface area contributed by atoms with Gasteiger partial charge >= 0.3 is 0 Å². The maximum absolute atomic E-state index is 10.3. The molecule has 3 rings (SSSR count). The summed E-state index contributed by atoms with van der Waals surface area (Å²) in [5.41, 5.74) is 0.189. The van der Waals surface area contributed by atoms with Crippen molar-refractivity contribution < 1.29 is 9.52 Å². The van der Waals surface area contributed by atoms with Crippen molar-refractivity contribution in [2.45, 2.75) is 12.5 Å². The van der Waals surface area contributed by atoms with E-state index in [0.717, 1.165) is 5.52 Å². The monoisotopic (exact) mass is 270 g/mol. The fraction of sp³-hybridized carbons (Fsp3) is 0.214. The molecule has 0 aliphatic heterocycles. The number of aliphatic hydroxyl groups is 1. The molecule has 102 valence electrons. The summed E-state index contributed by atoms with van der Waals surface area (Å²) in [7, 11) is 0. The van der Waals surface area contributed by atoms with Crippen LogP contribution < -0.4 is 5.32 Å². The van der Waals surface area contributed by atoms with Crippen LogP contribution in [0, 0.1) is 0 Å². The first kappa shape index (κ1) is 12.6. The molecule has 0 saturated heterocycles. The topological polar surface area (TPSA) is 84.1 Å². The first-order valence-corrected chi connectivity index (χ1v) is 6.23. The number of nitrogens with zero attached hydrogens (tertiary/aromatic N) is 3. The minimum Gasteiger partial charge on any atom is -0.466 e. The largest absolute Gasteiger partial charge is 0.466 e. The zero-order valence-electron chi connectivity index (χ0n) is 10.9. The summed E-state index contributed by atoms with van der Waals surface area (Å²) in [6.45, 7) is 1.96. The van der Waals surface area contributed by atoms with Gasteiger partial charge in [-0.1, -0.05) is 0 Å². The second kappa shape index (κ2) is 4.90. The molecular weight excluding hydrogens is 256 g/mol. The minimum absolute atomic E-state index is 0.277. The molecule has 0 amide bonds. The lowest BCUT2D eigenvalue weighted by atomic mass is 10.0. The van der Waals surface area contributed by atoms with Gasteiger partial charge in [0.15, 0.2) is 5.65 Å². The Hall–Kier alpha value is -2.47. The smallest absolute Gasteiger partial charge is 0.180 e. The number of nitrogens with one attached hydrogen (secondary N) is 1. The van der Waals surface area contributed by atoms with Crippen molar-refractivity contribution in [1.82, 2.24) is 15.0 Å². The van der Waals surface area contributed by atoms with E-state index in [4.69, 9.17) is 4.42 Å². The normalized spacial score (nSPS) is 14.1. The van der Waals surface area contributed by atoms with Crippen LogP contribution in [-0.2, 0) is 5.60 Å². The van der Waals surface area contributed by atoms with Crippen molar-refractivity contribution in [3.63, 3.8) is 0 Å². The molecule has 20 heavy (non-hydrogen) atoms. The van der Waals surface area contributed by atoms with Crippen molar-refractivity contribution in [3.05, 3.63) is 48.7 Å². The van der Waals surface area contributed by atoms with Crippen LogP contribution in [0.5, 0.6) is 0 Å². The third kappa shape index (κ3) is 2.46. The molecule has 3 heterocycles. The van der Waals surface area contributed by atoms with Gasteiger partial charge in [0.25, 0.3) is 0 Å². The van der Waals surface area contributed by atoms with E-state index in [1.807, 2.05) is 6.07 Å². The average Bonchev–Trinajstić information content (AvgIpc) is 3.00. The number of furan rings is 1. The predicted molar refractivity (Wildman–Crippen MR) is 74.1 cm³/mol. The zero-order valence-corrected chi connectivity index (χ0v) is 10.9. The lowest BCUT2D eigenvalue weighted by molar-refractivity contribution is 0.0476. The second-order valence-electron chi connectivity index (χ2n) is 4.70. The summed E-state index contributed by atoms with van der Waals surface area (Å²) >= 11 is 0. The van der Waals surface area contributed by atoms with Crippen LogP contribution in [0.25, 0.3) is 11.2 Å². The van der Waals surface area contributed by atoms with Crippen molar-refractivity contribution in [2.24, 2.45) is 0 Å². The molecule has 3 aromatic heterocycles. The summed E-state index contributed by atoms with van der Waals surface area (Å²) in [5, 5.41) is 13.4. The Morgan fingerprint density at radius 3 is 2.90 bits per heavy atom. The average molecular weight is 270 g/mol. The van der Waals surface area contributed by atoms with Gasteiger partial charge in [-0.2, -0.15) is 0 Å². The van der Waals surface area contributed by atoms with Gasteiger partial charge in [-0.15, -0.1) is 0 Å². The van der Waals surface area contributed by atoms with Crippen LogP contribution in [0.15, 0.2) is 47.3 Å². The molecular formula is C14H14N4O2. The Bertz CT molecular complexity index is 710. The summed E-state index contributed by atoms with van der Waals surface area (Å²) in [4.78, 5) is 12.6. The quantitative estimate of drug-likeness (QED) is 0.753. The van der Waals surface area contributed by atoms with Gasteiger partial charge in [-0.25, -0.2) is 9.97 Å². The van der Waals surface area contributed by atoms with Crippen molar-refractivity contribution >= 4 is 17.0 Å². The summed E-state index contributed by atoms with van der Waals surface area (Å²) in [5.74, 6) is 1.13. The number of anilines is 1. The molecule has 0 aromatic carbocycles. The van der Waals surface area contributed by atoms with Crippen LogP contribution in [0.1, 0.15) is 12.7 Å². The van der Waals surface area contributed by atoms with Crippen LogP contribution in [-0.4, -0.2) is 26.6 Å². The molecule has 1 unspecified atom stereocenters. The van der Waals surface area contributed by atoms with Gasteiger partial charge in [0, 0.05) is 12.4 Å². The van der Waals surface area contributed by atoms with Crippen molar-refractivity contribution in [3.8, 4) is 0 Å². The highest BCUT2D eigenvalue weighted by Gasteiger charge is 2.26. The molecule has 3 aromatic rings. The number of fused-ring (bicyclic) bond motifs is 1. The SMILES string of the molecule is CC(O)(CNc1ccc2nccnc2n1)c1ccco1. The molecule has 1 atom stereocenters. The molecule has 0 saturated carbocycles. The van der Waals surface area contributed by atoms with E-state index in [2.05, 4.69) is 20.3 Å². The number of hydrogen-bond donors (Lipinski definition) is 2. The maximum Gasteiger partial charge on any atom is 0.180 e. The second-order valence-corrected chi connectivity index (χ2v) is 4.70. The van der Waals surface area contributed by atoms with E-state index in [1.54, 1.807) is 37.5 Å². The number of pyridine rings is 1. The van der Waals surface area contributed by atoms with Gasteiger partial charge in [-0.05, 0) is 31.2 Å². The zero-order chi connectivity index (χ0) is 14.0. The molecule has 0 bridgehead atoms. The Morgan fingerprint density at radius 2 is 2.10 bits per heavy atom. The number of aromatic nitrogens is 3. The Balaban J connectivity index is 1.77. The summed E-state index contributed by atoms with van der Waals surface area (Å²) in [6, 6.07) is 7.11. The van der Waals surface area contributed by atoms with Gasteiger partial charge in [-0.3, -0.25) is 4.98 Å². The highest BCUT2D eigenvalue weighted by molar-refractivity contribution is 5.71. The molecule has 6 heteroatoms. The van der Waals surface area contributed by atoms with Crippen LogP contribution >= 0.6 is 0 Å². The molecule has 6 nitrogen and oxygen atoms in total. The molecule has 0 radical (unpaired) electrons. The van der Waals surface area contributed by atoms with Gasteiger partial charge in [0.05, 0.1) is 12.8 Å². The molecule has 2 N–H and O–H groups in total. The first-order chi connectivity index (χ1) is 9.65. The lowest BCUT2D eigenvalue weighted by Crippen LogP contribution is -2.30. The van der Waals surface area contributed by atoms with E-state index in [1.165, 1.54) is 6.26 Å². The highest BCUT2D eigenvalue weighted by Crippen LogP contribution is 2.21. The van der Waals surface area contributed by atoms with Crippen LogP contribution in [0.2, 0.25) is 0 Å². The number of hydrogen-bond acceptors (Lipinski definition) is 6. The standard InChI is InChI=1S/C14H14N4O2/c1-14(19,11-3-2-8-20-11)9-17-12-5-4-10-13(18-12)16-7-6-15-10/h2-8,19H,9H2,1H3,(H,16,17,18). The Morgan fingerprint density at radius 1 is 1.25 bits per heavy atom. The van der Waals surface area contributed by atoms with E-state index < -0.39 is 5.60 Å².